The lowest BCUT2D eigenvalue weighted by Gasteiger charge is -2.12. The van der Waals surface area contributed by atoms with Crippen LogP contribution in [0.2, 0.25) is 0 Å². The molecule has 3 N–H and O–H groups in total. The third kappa shape index (κ3) is 3.42. The molecular weight excluding hydrogens is 358 g/mol. The summed E-state index contributed by atoms with van der Waals surface area (Å²) in [5, 5.41) is 3.29. The van der Waals surface area contributed by atoms with Crippen LogP contribution in [0.3, 0.4) is 0 Å². The van der Waals surface area contributed by atoms with E-state index >= 15 is 0 Å². The Bertz CT molecular complexity index is 873. The van der Waals surface area contributed by atoms with Crippen molar-refractivity contribution >= 4 is 23.2 Å². The topological polar surface area (TPSA) is 90.1 Å². The number of thiocarbonyl (C=S) groups is 1. The van der Waals surface area contributed by atoms with Gasteiger partial charge in [0, 0.05) is 12.1 Å². The highest BCUT2D eigenvalue weighted by Crippen LogP contribution is 2.33. The lowest BCUT2D eigenvalue weighted by molar-refractivity contribution is 0.0943. The second kappa shape index (κ2) is 6.96. The Balaban J connectivity index is 1.26. The summed E-state index contributed by atoms with van der Waals surface area (Å²) in [6, 6.07) is 10.6. The van der Waals surface area contributed by atoms with Crippen LogP contribution in [0.5, 0.6) is 23.0 Å². The monoisotopic (exact) mass is 373 g/mol. The van der Waals surface area contributed by atoms with Crippen LogP contribution < -0.4 is 35.1 Å². The molecule has 0 saturated heterocycles. The Kier molecular flexibility index (Phi) is 4.36. The first-order valence-electron chi connectivity index (χ1n) is 7.81. The van der Waals surface area contributed by atoms with Gasteiger partial charge in [-0.15, -0.1) is 0 Å². The average molecular weight is 373 g/mol. The average Bonchev–Trinajstić information content (AvgIpc) is 3.32. The number of rotatable bonds is 3. The third-order valence-corrected chi connectivity index (χ3v) is 4.06. The Morgan fingerprint density at radius 2 is 1.54 bits per heavy atom. The Labute approximate surface area is 154 Å². The molecule has 0 atom stereocenters. The van der Waals surface area contributed by atoms with Gasteiger partial charge in [0.2, 0.25) is 13.6 Å². The predicted molar refractivity (Wildman–Crippen MR) is 95.2 cm³/mol. The smallest absolute Gasteiger partial charge is 0.269 e. The molecule has 8 nitrogen and oxygen atoms in total. The molecule has 0 aromatic heterocycles. The van der Waals surface area contributed by atoms with Gasteiger partial charge in [-0.1, -0.05) is 6.07 Å². The van der Waals surface area contributed by atoms with Crippen LogP contribution in [0.1, 0.15) is 15.9 Å². The maximum atomic E-state index is 12.2. The van der Waals surface area contributed by atoms with Gasteiger partial charge in [-0.05, 0) is 48.1 Å². The minimum absolute atomic E-state index is 0.159. The molecule has 9 heteroatoms. The number of nitrogens with one attached hydrogen (secondary N) is 3. The van der Waals surface area contributed by atoms with E-state index in [4.69, 9.17) is 31.2 Å². The summed E-state index contributed by atoms with van der Waals surface area (Å²) >= 11 is 5.16. The van der Waals surface area contributed by atoms with E-state index in [9.17, 15) is 4.79 Å². The Morgan fingerprint density at radius 3 is 2.31 bits per heavy atom. The molecule has 4 rings (SSSR count). The van der Waals surface area contributed by atoms with Crippen molar-refractivity contribution in [1.82, 2.24) is 16.2 Å². The molecule has 0 aliphatic carbocycles. The summed E-state index contributed by atoms with van der Waals surface area (Å²) < 4.78 is 21.1. The standard InChI is InChI=1S/C17H15N3O5S/c21-16(11-2-4-13-15(6-11)25-9-23-13)19-20-17(26)18-7-10-1-3-12-14(5-10)24-8-22-12/h1-6H,7-9H2,(H,19,21)(H2,18,20,26). The Hall–Kier alpha value is -3.20. The van der Waals surface area contributed by atoms with Gasteiger partial charge in [0.25, 0.3) is 5.91 Å². The zero-order valence-electron chi connectivity index (χ0n) is 13.5. The quantitative estimate of drug-likeness (QED) is 0.550. The predicted octanol–water partition coefficient (Wildman–Crippen LogP) is 1.45. The number of hydrazine groups is 1. The summed E-state index contributed by atoms with van der Waals surface area (Å²) in [5.41, 5.74) is 6.60. The van der Waals surface area contributed by atoms with Crippen molar-refractivity contribution in [2.45, 2.75) is 6.54 Å². The second-order valence-electron chi connectivity index (χ2n) is 5.52. The highest BCUT2D eigenvalue weighted by Gasteiger charge is 2.16. The zero-order valence-corrected chi connectivity index (χ0v) is 14.4. The molecule has 1 amide bonds. The molecule has 2 aliphatic rings. The molecule has 134 valence electrons. The molecule has 2 aromatic rings. The fraction of sp³-hybridized carbons (Fsp3) is 0.176. The first-order chi connectivity index (χ1) is 12.7. The van der Waals surface area contributed by atoms with Crippen LogP contribution in [-0.4, -0.2) is 24.6 Å². The number of ether oxygens (including phenoxy) is 4. The van der Waals surface area contributed by atoms with E-state index in [2.05, 4.69) is 16.2 Å². The Morgan fingerprint density at radius 1 is 0.885 bits per heavy atom. The van der Waals surface area contributed by atoms with Crippen molar-refractivity contribution in [3.8, 4) is 23.0 Å². The third-order valence-electron chi connectivity index (χ3n) is 3.81. The summed E-state index contributed by atoms with van der Waals surface area (Å²) in [4.78, 5) is 12.2. The van der Waals surface area contributed by atoms with Crippen molar-refractivity contribution in [1.29, 1.82) is 0 Å². The van der Waals surface area contributed by atoms with Gasteiger partial charge in [-0.2, -0.15) is 0 Å². The molecule has 0 fully saturated rings. The first kappa shape index (κ1) is 16.3. The second-order valence-corrected chi connectivity index (χ2v) is 5.93. The number of amides is 1. The van der Waals surface area contributed by atoms with E-state index in [1.54, 1.807) is 18.2 Å². The van der Waals surface area contributed by atoms with Crippen LogP contribution >= 0.6 is 12.2 Å². The summed E-state index contributed by atoms with van der Waals surface area (Å²) in [5.74, 6) is 2.26. The largest absolute Gasteiger partial charge is 0.454 e. The van der Waals surface area contributed by atoms with Crippen LogP contribution in [0, 0.1) is 0 Å². The van der Waals surface area contributed by atoms with Gasteiger partial charge in [-0.3, -0.25) is 15.6 Å². The lowest BCUT2D eigenvalue weighted by Crippen LogP contribution is -2.46. The van der Waals surface area contributed by atoms with Crippen LogP contribution in [0.25, 0.3) is 0 Å². The lowest BCUT2D eigenvalue weighted by atomic mass is 10.2. The molecule has 2 heterocycles. The van der Waals surface area contributed by atoms with E-state index in [0.29, 0.717) is 29.4 Å². The van der Waals surface area contributed by atoms with Crippen LogP contribution in [-0.2, 0) is 6.54 Å². The SMILES string of the molecule is O=C(NNC(=S)NCc1ccc2c(c1)OCO2)c1ccc2c(c1)OCO2. The number of hydrogen-bond donors (Lipinski definition) is 3. The van der Waals surface area contributed by atoms with Gasteiger partial charge < -0.3 is 24.3 Å². The maximum Gasteiger partial charge on any atom is 0.269 e. The van der Waals surface area contributed by atoms with E-state index in [1.165, 1.54) is 0 Å². The van der Waals surface area contributed by atoms with Gasteiger partial charge in [0.15, 0.2) is 28.1 Å². The summed E-state index contributed by atoms with van der Waals surface area (Å²) in [7, 11) is 0. The van der Waals surface area contributed by atoms with E-state index in [-0.39, 0.29) is 24.6 Å². The fourth-order valence-corrected chi connectivity index (χ4v) is 2.62. The fourth-order valence-electron chi connectivity index (χ4n) is 2.50. The molecule has 2 aromatic carbocycles. The normalized spacial score (nSPS) is 13.2. The summed E-state index contributed by atoms with van der Waals surface area (Å²) in [6.07, 6.45) is 0. The first-order valence-corrected chi connectivity index (χ1v) is 8.22. The number of hydrogen-bond acceptors (Lipinski definition) is 6. The molecule has 0 saturated carbocycles. The van der Waals surface area contributed by atoms with Gasteiger partial charge in [-0.25, -0.2) is 0 Å². The number of benzene rings is 2. The van der Waals surface area contributed by atoms with Crippen LogP contribution in [0.4, 0.5) is 0 Å². The highest BCUT2D eigenvalue weighted by atomic mass is 32.1. The van der Waals surface area contributed by atoms with E-state index in [0.717, 1.165) is 11.3 Å². The molecule has 2 aliphatic heterocycles. The van der Waals surface area contributed by atoms with Crippen LogP contribution in [0.15, 0.2) is 36.4 Å². The van der Waals surface area contributed by atoms with Crippen molar-refractivity contribution in [3.63, 3.8) is 0 Å². The minimum atomic E-state index is -0.337. The highest BCUT2D eigenvalue weighted by molar-refractivity contribution is 7.80. The number of carbonyl (C=O) groups is 1. The molecule has 0 unspecified atom stereocenters. The molecule has 0 bridgehead atoms. The van der Waals surface area contributed by atoms with Crippen molar-refractivity contribution in [2.75, 3.05) is 13.6 Å². The number of fused-ring (bicyclic) bond motifs is 2. The molecule has 0 radical (unpaired) electrons. The van der Waals surface area contributed by atoms with E-state index < -0.39 is 0 Å². The molecular formula is C17H15N3O5S. The van der Waals surface area contributed by atoms with Gasteiger partial charge in [0.05, 0.1) is 0 Å². The minimum Gasteiger partial charge on any atom is -0.454 e. The summed E-state index contributed by atoms with van der Waals surface area (Å²) in [6.45, 7) is 0.868. The van der Waals surface area contributed by atoms with E-state index in [1.807, 2.05) is 18.2 Å². The van der Waals surface area contributed by atoms with Crippen molar-refractivity contribution < 1.29 is 23.7 Å². The van der Waals surface area contributed by atoms with Gasteiger partial charge in [0.1, 0.15) is 0 Å². The van der Waals surface area contributed by atoms with Gasteiger partial charge >= 0.3 is 0 Å². The van der Waals surface area contributed by atoms with Crippen molar-refractivity contribution in [2.24, 2.45) is 0 Å². The maximum absolute atomic E-state index is 12.2. The number of carbonyl (C=O) groups excluding carboxylic acids is 1. The zero-order chi connectivity index (χ0) is 17.9. The van der Waals surface area contributed by atoms with Crippen molar-refractivity contribution in [3.05, 3.63) is 47.5 Å². The molecule has 26 heavy (non-hydrogen) atoms. The molecule has 0 spiro atoms.